The maximum absolute atomic E-state index is 12.1. The number of halogens is 6. The van der Waals surface area contributed by atoms with E-state index in [1.165, 1.54) is 0 Å². The zero-order valence-electron chi connectivity index (χ0n) is 9.81. The molecule has 19 heavy (non-hydrogen) atoms. The number of aliphatic carboxylic acids is 1. The van der Waals surface area contributed by atoms with Gasteiger partial charge in [-0.2, -0.15) is 26.3 Å². The molecule has 114 valence electrons. The molecule has 10 heteroatoms. The minimum atomic E-state index is -5.65. The van der Waals surface area contributed by atoms with E-state index in [0.29, 0.717) is 6.42 Å². The van der Waals surface area contributed by atoms with Crippen LogP contribution in [0.15, 0.2) is 0 Å². The summed E-state index contributed by atoms with van der Waals surface area (Å²) in [4.78, 5) is 10.6. The van der Waals surface area contributed by atoms with Gasteiger partial charge in [0.1, 0.15) is 6.04 Å². The van der Waals surface area contributed by atoms with E-state index in [0.717, 1.165) is 0 Å². The van der Waals surface area contributed by atoms with E-state index in [-0.39, 0.29) is 6.54 Å². The van der Waals surface area contributed by atoms with Crippen molar-refractivity contribution in [2.45, 2.75) is 37.8 Å². The first-order chi connectivity index (χ1) is 8.50. The molecule has 0 spiro atoms. The van der Waals surface area contributed by atoms with Crippen molar-refractivity contribution in [1.29, 1.82) is 0 Å². The molecule has 0 radical (unpaired) electrons. The molecule has 0 aliphatic carbocycles. The molecular weight excluding hydrogens is 284 g/mol. The minimum absolute atomic E-state index is 0.128. The molecule has 0 aromatic carbocycles. The highest BCUT2D eigenvalue weighted by Gasteiger charge is 2.58. The standard InChI is InChI=1S/C9H13F6NO3/c1-2-3-16-5(6(17)18)4-19-7(8(10,11)12)9(13,14)15/h5,7,16H,2-4H2,1H3,(H,17,18). The summed E-state index contributed by atoms with van der Waals surface area (Å²) in [6.45, 7) is 0.545. The number of carboxylic acids is 1. The second-order valence-electron chi connectivity index (χ2n) is 3.64. The first kappa shape index (κ1) is 18.0. The third kappa shape index (κ3) is 6.62. The predicted molar refractivity (Wildman–Crippen MR) is 51.6 cm³/mol. The average molecular weight is 297 g/mol. The fourth-order valence-corrected chi connectivity index (χ4v) is 1.10. The quantitative estimate of drug-likeness (QED) is 0.705. The van der Waals surface area contributed by atoms with Gasteiger partial charge in [-0.15, -0.1) is 0 Å². The van der Waals surface area contributed by atoms with Crippen molar-refractivity contribution in [3.8, 4) is 0 Å². The average Bonchev–Trinajstić information content (AvgIpc) is 2.18. The largest absolute Gasteiger partial charge is 0.480 e. The van der Waals surface area contributed by atoms with E-state index in [2.05, 4.69) is 10.1 Å². The number of hydrogen-bond donors (Lipinski definition) is 2. The zero-order chi connectivity index (χ0) is 15.3. The van der Waals surface area contributed by atoms with Gasteiger partial charge in [-0.1, -0.05) is 6.92 Å². The summed E-state index contributed by atoms with van der Waals surface area (Å²) >= 11 is 0. The lowest BCUT2D eigenvalue weighted by atomic mass is 10.3. The van der Waals surface area contributed by atoms with Crippen molar-refractivity contribution in [3.63, 3.8) is 0 Å². The highest BCUT2D eigenvalue weighted by Crippen LogP contribution is 2.35. The van der Waals surface area contributed by atoms with Crippen LogP contribution in [0.3, 0.4) is 0 Å². The number of hydrogen-bond acceptors (Lipinski definition) is 3. The molecule has 0 heterocycles. The molecule has 0 aromatic rings. The Morgan fingerprint density at radius 3 is 2.00 bits per heavy atom. The summed E-state index contributed by atoms with van der Waals surface area (Å²) in [7, 11) is 0. The summed E-state index contributed by atoms with van der Waals surface area (Å²) in [6, 6.07) is -1.63. The molecule has 0 aliphatic heterocycles. The Bertz CT molecular complexity index is 277. The lowest BCUT2D eigenvalue weighted by molar-refractivity contribution is -0.322. The van der Waals surface area contributed by atoms with Gasteiger partial charge in [-0.05, 0) is 13.0 Å². The lowest BCUT2D eigenvalue weighted by Crippen LogP contribution is -2.48. The molecule has 0 fully saturated rings. The van der Waals surface area contributed by atoms with E-state index in [1.54, 1.807) is 6.92 Å². The molecule has 0 aromatic heterocycles. The summed E-state index contributed by atoms with van der Waals surface area (Å²) in [5, 5.41) is 10.9. The van der Waals surface area contributed by atoms with Crippen LogP contribution in [-0.2, 0) is 9.53 Å². The fourth-order valence-electron chi connectivity index (χ4n) is 1.10. The molecule has 1 atom stereocenters. The Hall–Kier alpha value is -1.03. The van der Waals surface area contributed by atoms with Crippen LogP contribution >= 0.6 is 0 Å². The van der Waals surface area contributed by atoms with Crippen molar-refractivity contribution in [1.82, 2.24) is 5.32 Å². The van der Waals surface area contributed by atoms with Crippen molar-refractivity contribution < 1.29 is 41.0 Å². The zero-order valence-corrected chi connectivity index (χ0v) is 9.81. The minimum Gasteiger partial charge on any atom is -0.480 e. The van der Waals surface area contributed by atoms with Crippen molar-refractivity contribution in [2.24, 2.45) is 0 Å². The van der Waals surface area contributed by atoms with Crippen LogP contribution in [0.25, 0.3) is 0 Å². The van der Waals surface area contributed by atoms with Crippen LogP contribution in [0.1, 0.15) is 13.3 Å². The Labute approximate surface area is 104 Å². The third-order valence-corrected chi connectivity index (χ3v) is 1.96. The van der Waals surface area contributed by atoms with E-state index < -0.39 is 37.1 Å². The maximum Gasteiger partial charge on any atom is 0.423 e. The van der Waals surface area contributed by atoms with Crippen LogP contribution in [0.2, 0.25) is 0 Å². The van der Waals surface area contributed by atoms with Crippen LogP contribution < -0.4 is 5.32 Å². The fraction of sp³-hybridized carbons (Fsp3) is 0.889. The van der Waals surface area contributed by atoms with Crippen LogP contribution in [0, 0.1) is 0 Å². The SMILES string of the molecule is CCCNC(COC(C(F)(F)F)C(F)(F)F)C(=O)O. The van der Waals surface area contributed by atoms with Gasteiger partial charge in [0, 0.05) is 0 Å². The number of alkyl halides is 6. The Kier molecular flexibility index (Phi) is 6.57. The smallest absolute Gasteiger partial charge is 0.423 e. The van der Waals surface area contributed by atoms with Gasteiger partial charge in [-0.25, -0.2) is 0 Å². The van der Waals surface area contributed by atoms with E-state index in [9.17, 15) is 31.1 Å². The topological polar surface area (TPSA) is 58.6 Å². The Morgan fingerprint density at radius 1 is 1.21 bits per heavy atom. The molecule has 2 N–H and O–H groups in total. The molecule has 0 aliphatic rings. The van der Waals surface area contributed by atoms with Gasteiger partial charge in [0.15, 0.2) is 0 Å². The highest BCUT2D eigenvalue weighted by atomic mass is 19.4. The Balaban J connectivity index is 4.65. The summed E-state index contributed by atoms with van der Waals surface area (Å²) in [6.07, 6.45) is -14.8. The van der Waals surface area contributed by atoms with Crippen molar-refractivity contribution in [2.75, 3.05) is 13.2 Å². The van der Waals surface area contributed by atoms with Gasteiger partial charge in [-0.3, -0.25) is 4.79 Å². The summed E-state index contributed by atoms with van der Waals surface area (Å²) in [5.74, 6) is -1.59. The first-order valence-corrected chi connectivity index (χ1v) is 5.21. The van der Waals surface area contributed by atoms with Gasteiger partial charge in [0.2, 0.25) is 6.10 Å². The molecule has 0 bridgehead atoms. The number of ether oxygens (including phenoxy) is 1. The lowest BCUT2D eigenvalue weighted by Gasteiger charge is -2.24. The highest BCUT2D eigenvalue weighted by molar-refractivity contribution is 5.73. The van der Waals surface area contributed by atoms with Crippen molar-refractivity contribution in [3.05, 3.63) is 0 Å². The van der Waals surface area contributed by atoms with Gasteiger partial charge < -0.3 is 15.2 Å². The third-order valence-electron chi connectivity index (χ3n) is 1.96. The predicted octanol–water partition coefficient (Wildman–Crippen LogP) is 1.95. The summed E-state index contributed by atoms with van der Waals surface area (Å²) < 4.78 is 76.3. The summed E-state index contributed by atoms with van der Waals surface area (Å²) in [5.41, 5.74) is 0. The van der Waals surface area contributed by atoms with Crippen LogP contribution in [0.4, 0.5) is 26.3 Å². The second-order valence-corrected chi connectivity index (χ2v) is 3.64. The molecule has 1 unspecified atom stereocenters. The number of carboxylic acid groups (broad SMARTS) is 1. The van der Waals surface area contributed by atoms with Crippen molar-refractivity contribution >= 4 is 5.97 Å². The van der Waals surface area contributed by atoms with Gasteiger partial charge >= 0.3 is 18.3 Å². The Morgan fingerprint density at radius 2 is 1.68 bits per heavy atom. The van der Waals surface area contributed by atoms with Crippen LogP contribution in [0.5, 0.6) is 0 Å². The molecule has 0 amide bonds. The van der Waals surface area contributed by atoms with E-state index in [4.69, 9.17) is 5.11 Å². The number of rotatable bonds is 7. The van der Waals surface area contributed by atoms with E-state index >= 15 is 0 Å². The molecule has 0 rings (SSSR count). The monoisotopic (exact) mass is 297 g/mol. The second kappa shape index (κ2) is 6.94. The van der Waals surface area contributed by atoms with Gasteiger partial charge in [0.05, 0.1) is 6.61 Å². The molecule has 4 nitrogen and oxygen atoms in total. The number of nitrogens with one attached hydrogen (secondary N) is 1. The first-order valence-electron chi connectivity index (χ1n) is 5.21. The van der Waals surface area contributed by atoms with Gasteiger partial charge in [0.25, 0.3) is 0 Å². The maximum atomic E-state index is 12.1. The van der Waals surface area contributed by atoms with E-state index in [1.807, 2.05) is 0 Å². The van der Waals surface area contributed by atoms with Crippen LogP contribution in [-0.4, -0.2) is 48.7 Å². The number of carbonyl (C=O) groups is 1. The molecular formula is C9H13F6NO3. The molecule has 0 saturated heterocycles. The normalized spacial score (nSPS) is 14.7. The molecule has 0 saturated carbocycles.